The highest BCUT2D eigenvalue weighted by Gasteiger charge is 2.30. The summed E-state index contributed by atoms with van der Waals surface area (Å²) in [6, 6.07) is 8.03. The second-order valence-electron chi connectivity index (χ2n) is 7.97. The molecule has 3 aromatic rings. The van der Waals surface area contributed by atoms with Gasteiger partial charge in [0.05, 0.1) is 29.3 Å². The molecule has 0 fully saturated rings. The van der Waals surface area contributed by atoms with E-state index in [1.165, 1.54) is 12.1 Å². The molecule has 0 radical (unpaired) electrons. The minimum absolute atomic E-state index is 0.0539. The summed E-state index contributed by atoms with van der Waals surface area (Å²) in [7, 11) is 1.89. The number of anilines is 2. The number of carbonyl (C=O) groups is 1. The summed E-state index contributed by atoms with van der Waals surface area (Å²) >= 11 is -0.131. The number of pyridine rings is 1. The molecule has 0 saturated carbocycles. The SMILES string of the molecule is Cc1nc(CCc2cn(Cc3cccc(SC(F)(F)F)c3)nn2)cc2c1NC(=O)[C@H](C)N2C. The van der Waals surface area contributed by atoms with Crippen molar-refractivity contribution in [3.05, 3.63) is 59.2 Å². The monoisotopic (exact) mass is 476 g/mol. The maximum atomic E-state index is 12.6. The van der Waals surface area contributed by atoms with Crippen LogP contribution in [0.2, 0.25) is 0 Å². The van der Waals surface area contributed by atoms with E-state index in [4.69, 9.17) is 0 Å². The number of rotatable bonds is 6. The van der Waals surface area contributed by atoms with Crippen molar-refractivity contribution in [1.29, 1.82) is 0 Å². The number of alkyl halides is 3. The normalized spacial score (nSPS) is 16.0. The molecule has 174 valence electrons. The van der Waals surface area contributed by atoms with Crippen LogP contribution in [-0.4, -0.2) is 44.5 Å². The minimum atomic E-state index is -4.32. The van der Waals surface area contributed by atoms with Gasteiger partial charge < -0.3 is 10.2 Å². The average molecular weight is 477 g/mol. The lowest BCUT2D eigenvalue weighted by Crippen LogP contribution is -2.44. The van der Waals surface area contributed by atoms with Crippen LogP contribution in [0.3, 0.4) is 0 Å². The van der Waals surface area contributed by atoms with Crippen molar-refractivity contribution in [2.75, 3.05) is 17.3 Å². The van der Waals surface area contributed by atoms with E-state index in [2.05, 4.69) is 20.6 Å². The third-order valence-electron chi connectivity index (χ3n) is 5.52. The Morgan fingerprint density at radius 1 is 1.18 bits per heavy atom. The summed E-state index contributed by atoms with van der Waals surface area (Å²) in [5, 5.41) is 11.2. The summed E-state index contributed by atoms with van der Waals surface area (Å²) in [5.41, 5.74) is 0.476. The van der Waals surface area contributed by atoms with Crippen molar-refractivity contribution in [2.45, 2.75) is 49.7 Å². The fraction of sp³-hybridized carbons (Fsp3) is 0.364. The van der Waals surface area contributed by atoms with Crippen molar-refractivity contribution in [1.82, 2.24) is 20.0 Å². The highest BCUT2D eigenvalue weighted by molar-refractivity contribution is 8.00. The number of benzene rings is 1. The van der Waals surface area contributed by atoms with Crippen LogP contribution < -0.4 is 10.2 Å². The van der Waals surface area contributed by atoms with E-state index < -0.39 is 5.51 Å². The second kappa shape index (κ2) is 9.05. The number of hydrogen-bond donors (Lipinski definition) is 1. The highest BCUT2D eigenvalue weighted by atomic mass is 32.2. The Labute approximate surface area is 193 Å². The Morgan fingerprint density at radius 2 is 1.94 bits per heavy atom. The molecule has 33 heavy (non-hydrogen) atoms. The second-order valence-corrected chi connectivity index (χ2v) is 9.11. The number of aryl methyl sites for hydroxylation is 3. The first-order valence-electron chi connectivity index (χ1n) is 10.4. The Hall–Kier alpha value is -3.08. The highest BCUT2D eigenvalue weighted by Crippen LogP contribution is 2.37. The van der Waals surface area contributed by atoms with Gasteiger partial charge in [0.25, 0.3) is 0 Å². The van der Waals surface area contributed by atoms with Gasteiger partial charge in [-0.2, -0.15) is 13.2 Å². The molecule has 1 aliphatic rings. The van der Waals surface area contributed by atoms with E-state index in [9.17, 15) is 18.0 Å². The van der Waals surface area contributed by atoms with Gasteiger partial charge in [0.1, 0.15) is 6.04 Å². The van der Waals surface area contributed by atoms with Gasteiger partial charge in [-0.1, -0.05) is 17.3 Å². The number of thioether (sulfide) groups is 1. The lowest BCUT2D eigenvalue weighted by molar-refractivity contribution is -0.117. The minimum Gasteiger partial charge on any atom is -0.361 e. The van der Waals surface area contributed by atoms with Gasteiger partial charge in [-0.25, -0.2) is 4.68 Å². The van der Waals surface area contributed by atoms with Crippen LogP contribution >= 0.6 is 11.8 Å². The summed E-state index contributed by atoms with van der Waals surface area (Å²) in [6.07, 6.45) is 3.05. The summed E-state index contributed by atoms with van der Waals surface area (Å²) in [5.74, 6) is -0.0539. The summed E-state index contributed by atoms with van der Waals surface area (Å²) < 4.78 is 39.5. The number of likely N-dealkylation sites (N-methyl/N-ethyl adjacent to an activating group) is 1. The number of nitrogens with zero attached hydrogens (tertiary/aromatic N) is 5. The molecule has 0 aliphatic carbocycles. The van der Waals surface area contributed by atoms with Gasteiger partial charge in [0.2, 0.25) is 5.91 Å². The van der Waals surface area contributed by atoms with E-state index in [1.54, 1.807) is 23.0 Å². The van der Waals surface area contributed by atoms with Gasteiger partial charge in [0, 0.05) is 23.8 Å². The van der Waals surface area contributed by atoms with Crippen molar-refractivity contribution in [2.24, 2.45) is 0 Å². The Kier molecular flexibility index (Phi) is 6.33. The fourth-order valence-electron chi connectivity index (χ4n) is 3.71. The largest absolute Gasteiger partial charge is 0.446 e. The third-order valence-corrected chi connectivity index (χ3v) is 6.24. The van der Waals surface area contributed by atoms with E-state index in [-0.39, 0.29) is 28.6 Å². The van der Waals surface area contributed by atoms with Crippen LogP contribution in [0.15, 0.2) is 41.4 Å². The predicted octanol–water partition coefficient (Wildman–Crippen LogP) is 4.20. The first-order valence-corrected chi connectivity index (χ1v) is 11.2. The predicted molar refractivity (Wildman–Crippen MR) is 120 cm³/mol. The molecule has 1 amide bonds. The van der Waals surface area contributed by atoms with Gasteiger partial charge in [-0.15, -0.1) is 5.10 Å². The lowest BCUT2D eigenvalue weighted by Gasteiger charge is -2.34. The number of hydrogen-bond acceptors (Lipinski definition) is 6. The zero-order valence-corrected chi connectivity index (χ0v) is 19.2. The fourth-order valence-corrected chi connectivity index (χ4v) is 4.33. The quantitative estimate of drug-likeness (QED) is 0.538. The summed E-state index contributed by atoms with van der Waals surface area (Å²) in [4.78, 5) is 18.8. The van der Waals surface area contributed by atoms with Crippen molar-refractivity contribution in [3.63, 3.8) is 0 Å². The van der Waals surface area contributed by atoms with E-state index >= 15 is 0 Å². The molecule has 0 saturated heterocycles. The first kappa shape index (κ1) is 23.1. The molecule has 3 heterocycles. The topological polar surface area (TPSA) is 75.9 Å². The molecule has 1 atom stereocenters. The average Bonchev–Trinajstić information content (AvgIpc) is 3.18. The van der Waals surface area contributed by atoms with Gasteiger partial charge >= 0.3 is 5.51 Å². The smallest absolute Gasteiger partial charge is 0.361 e. The molecule has 1 aromatic carbocycles. The number of nitrogens with one attached hydrogen (secondary N) is 1. The van der Waals surface area contributed by atoms with E-state index in [0.717, 1.165) is 28.5 Å². The third kappa shape index (κ3) is 5.47. The zero-order valence-electron chi connectivity index (χ0n) is 18.3. The van der Waals surface area contributed by atoms with E-state index in [0.29, 0.717) is 24.9 Å². The number of aromatic nitrogens is 4. The first-order chi connectivity index (χ1) is 15.6. The van der Waals surface area contributed by atoms with Crippen LogP contribution in [-0.2, 0) is 24.2 Å². The molecule has 4 rings (SSSR count). The van der Waals surface area contributed by atoms with Gasteiger partial charge in [0.15, 0.2) is 0 Å². The maximum absolute atomic E-state index is 12.6. The van der Waals surface area contributed by atoms with Crippen molar-refractivity contribution in [3.8, 4) is 0 Å². The summed E-state index contributed by atoms with van der Waals surface area (Å²) in [6.45, 7) is 4.05. The van der Waals surface area contributed by atoms with E-state index in [1.807, 2.05) is 31.9 Å². The number of halogens is 3. The van der Waals surface area contributed by atoms with Crippen molar-refractivity contribution >= 4 is 29.0 Å². The molecule has 0 bridgehead atoms. The molecule has 1 N–H and O–H groups in total. The zero-order chi connectivity index (χ0) is 23.8. The van der Waals surface area contributed by atoms with Gasteiger partial charge in [-0.05, 0) is 62.2 Å². The Bertz CT molecular complexity index is 1180. The van der Waals surface area contributed by atoms with Crippen molar-refractivity contribution < 1.29 is 18.0 Å². The standard InChI is InChI=1S/C22H23F3N6OS/c1-13-20-19(30(3)14(2)21(32)27-20)10-16(26-13)7-8-17-12-31(29-28-17)11-15-5-4-6-18(9-15)33-22(23,24)25/h4-6,9-10,12,14H,7-8,11H2,1-3H3,(H,27,32)/t14-/m0/s1. The molecular weight excluding hydrogens is 453 g/mol. The molecule has 0 unspecified atom stereocenters. The van der Waals surface area contributed by atoms with Crippen LogP contribution in [0.1, 0.15) is 29.6 Å². The number of carbonyl (C=O) groups excluding carboxylic acids is 1. The van der Waals surface area contributed by atoms with Crippen LogP contribution in [0.25, 0.3) is 0 Å². The molecular formula is C22H23F3N6OS. The Balaban J connectivity index is 1.42. The molecule has 2 aromatic heterocycles. The Morgan fingerprint density at radius 3 is 2.70 bits per heavy atom. The number of amides is 1. The molecule has 0 spiro atoms. The number of fused-ring (bicyclic) bond motifs is 1. The van der Waals surface area contributed by atoms with Crippen LogP contribution in [0, 0.1) is 6.92 Å². The molecule has 11 heteroatoms. The lowest BCUT2D eigenvalue weighted by atomic mass is 10.1. The van der Waals surface area contributed by atoms with Crippen LogP contribution in [0.4, 0.5) is 24.5 Å². The molecule has 1 aliphatic heterocycles. The van der Waals surface area contributed by atoms with Crippen LogP contribution in [0.5, 0.6) is 0 Å². The van der Waals surface area contributed by atoms with Gasteiger partial charge in [-0.3, -0.25) is 9.78 Å². The maximum Gasteiger partial charge on any atom is 0.446 e. The molecule has 7 nitrogen and oxygen atoms in total.